The minimum Gasteiger partial charge on any atom is -0.352 e. The zero-order chi connectivity index (χ0) is 16.4. The maximum atomic E-state index is 12.2. The highest BCUT2D eigenvalue weighted by atomic mass is 16.1. The molecule has 0 saturated carbocycles. The van der Waals surface area contributed by atoms with Crippen LogP contribution < -0.4 is 11.0 Å². The first-order chi connectivity index (χ1) is 11.0. The quantitative estimate of drug-likeness (QED) is 0.776. The van der Waals surface area contributed by atoms with E-state index in [-0.39, 0.29) is 11.6 Å². The molecule has 0 bridgehead atoms. The largest absolute Gasteiger partial charge is 0.352 e. The van der Waals surface area contributed by atoms with Crippen molar-refractivity contribution in [2.45, 2.75) is 26.9 Å². The van der Waals surface area contributed by atoms with Gasteiger partial charge in [0.1, 0.15) is 0 Å². The Bertz CT molecular complexity index is 921. The summed E-state index contributed by atoms with van der Waals surface area (Å²) in [6.45, 7) is 4.57. The molecule has 0 unspecified atom stereocenters. The summed E-state index contributed by atoms with van der Waals surface area (Å²) in [6, 6.07) is 13.7. The standard InChI is InChI=1S/C18H19N3O2/c1-12-9-14(10-19-13(2)22)7-8-15(12)11-21-17-6-4-3-5-16(17)20-18(21)23/h3-9H,10-11H2,1-2H3,(H,19,22)(H,20,23). The second-order valence-corrected chi connectivity index (χ2v) is 5.70. The summed E-state index contributed by atoms with van der Waals surface area (Å²) in [6.07, 6.45) is 0. The third-order valence-corrected chi connectivity index (χ3v) is 3.96. The number of imidazole rings is 1. The van der Waals surface area contributed by atoms with Crippen LogP contribution in [0.3, 0.4) is 0 Å². The molecule has 0 aliphatic rings. The van der Waals surface area contributed by atoms with Gasteiger partial charge in [-0.25, -0.2) is 4.79 Å². The van der Waals surface area contributed by atoms with E-state index in [0.29, 0.717) is 13.1 Å². The lowest BCUT2D eigenvalue weighted by atomic mass is 10.0. The zero-order valence-corrected chi connectivity index (χ0v) is 13.2. The van der Waals surface area contributed by atoms with E-state index in [2.05, 4.69) is 10.3 Å². The number of hydrogen-bond donors (Lipinski definition) is 2. The molecule has 0 spiro atoms. The normalized spacial score (nSPS) is 10.9. The van der Waals surface area contributed by atoms with Crippen molar-refractivity contribution < 1.29 is 4.79 Å². The topological polar surface area (TPSA) is 66.9 Å². The fraction of sp³-hybridized carbons (Fsp3) is 0.222. The van der Waals surface area contributed by atoms with Crippen molar-refractivity contribution in [2.75, 3.05) is 0 Å². The lowest BCUT2D eigenvalue weighted by Crippen LogP contribution is -2.19. The van der Waals surface area contributed by atoms with Crippen LogP contribution in [0.4, 0.5) is 0 Å². The molecule has 5 heteroatoms. The number of H-pyrrole nitrogens is 1. The first-order valence-electron chi connectivity index (χ1n) is 7.55. The first kappa shape index (κ1) is 15.1. The van der Waals surface area contributed by atoms with Crippen LogP contribution in [0.5, 0.6) is 0 Å². The average Bonchev–Trinajstić information content (AvgIpc) is 2.83. The molecule has 2 aromatic carbocycles. The Kier molecular flexibility index (Phi) is 4.02. The number of nitrogens with one attached hydrogen (secondary N) is 2. The molecule has 0 saturated heterocycles. The van der Waals surface area contributed by atoms with Gasteiger partial charge in [-0.05, 0) is 35.7 Å². The van der Waals surface area contributed by atoms with Crippen LogP contribution in [0.15, 0.2) is 47.3 Å². The summed E-state index contributed by atoms with van der Waals surface area (Å²) in [7, 11) is 0. The minimum atomic E-state index is -0.104. The Hall–Kier alpha value is -2.82. The molecule has 0 fully saturated rings. The van der Waals surface area contributed by atoms with Gasteiger partial charge in [-0.2, -0.15) is 0 Å². The number of aromatic nitrogens is 2. The van der Waals surface area contributed by atoms with Crippen molar-refractivity contribution in [3.05, 3.63) is 69.6 Å². The summed E-state index contributed by atoms with van der Waals surface area (Å²) in [4.78, 5) is 26.0. The van der Waals surface area contributed by atoms with E-state index in [0.717, 1.165) is 27.7 Å². The van der Waals surface area contributed by atoms with Gasteiger partial charge in [-0.3, -0.25) is 9.36 Å². The predicted octanol–water partition coefficient (Wildman–Crippen LogP) is 2.32. The Morgan fingerprint density at radius 1 is 1.22 bits per heavy atom. The van der Waals surface area contributed by atoms with E-state index >= 15 is 0 Å². The van der Waals surface area contributed by atoms with Gasteiger partial charge in [0.15, 0.2) is 0 Å². The van der Waals surface area contributed by atoms with Crippen molar-refractivity contribution in [1.29, 1.82) is 0 Å². The van der Waals surface area contributed by atoms with Gasteiger partial charge in [-0.1, -0.05) is 30.3 Å². The SMILES string of the molecule is CC(=O)NCc1ccc(Cn2c(=O)[nH]c3ccccc32)c(C)c1. The van der Waals surface area contributed by atoms with Crippen LogP contribution in [0.1, 0.15) is 23.6 Å². The van der Waals surface area contributed by atoms with E-state index in [1.807, 2.05) is 49.4 Å². The second kappa shape index (κ2) is 6.12. The Morgan fingerprint density at radius 3 is 2.74 bits per heavy atom. The molecule has 0 atom stereocenters. The van der Waals surface area contributed by atoms with Gasteiger partial charge in [0.05, 0.1) is 17.6 Å². The van der Waals surface area contributed by atoms with Crippen molar-refractivity contribution in [3.8, 4) is 0 Å². The fourth-order valence-electron chi connectivity index (χ4n) is 2.71. The number of carbonyl (C=O) groups excluding carboxylic acids is 1. The minimum absolute atomic E-state index is 0.0444. The smallest absolute Gasteiger partial charge is 0.326 e. The maximum absolute atomic E-state index is 12.2. The maximum Gasteiger partial charge on any atom is 0.326 e. The second-order valence-electron chi connectivity index (χ2n) is 5.70. The number of nitrogens with zero attached hydrogens (tertiary/aromatic N) is 1. The van der Waals surface area contributed by atoms with Gasteiger partial charge >= 0.3 is 5.69 Å². The summed E-state index contributed by atoms with van der Waals surface area (Å²) >= 11 is 0. The average molecular weight is 309 g/mol. The van der Waals surface area contributed by atoms with Gasteiger partial charge in [0.25, 0.3) is 0 Å². The van der Waals surface area contributed by atoms with Gasteiger partial charge < -0.3 is 10.3 Å². The van der Waals surface area contributed by atoms with Crippen molar-refractivity contribution in [1.82, 2.24) is 14.9 Å². The number of para-hydroxylation sites is 2. The molecule has 0 aliphatic carbocycles. The number of hydrogen-bond acceptors (Lipinski definition) is 2. The number of aromatic amines is 1. The Labute approximate surface area is 134 Å². The van der Waals surface area contributed by atoms with Gasteiger partial charge in [0, 0.05) is 13.5 Å². The summed E-state index contributed by atoms with van der Waals surface area (Å²) in [5, 5.41) is 2.79. The van der Waals surface area contributed by atoms with Crippen LogP contribution in [0.2, 0.25) is 0 Å². The molecule has 118 valence electrons. The molecule has 1 heterocycles. The number of aryl methyl sites for hydroxylation is 1. The summed E-state index contributed by atoms with van der Waals surface area (Å²) in [5.41, 5.74) is 4.88. The Morgan fingerprint density at radius 2 is 2.00 bits per heavy atom. The number of amides is 1. The van der Waals surface area contributed by atoms with E-state index < -0.39 is 0 Å². The van der Waals surface area contributed by atoms with Crippen molar-refractivity contribution in [3.63, 3.8) is 0 Å². The van der Waals surface area contributed by atoms with E-state index in [4.69, 9.17) is 0 Å². The van der Waals surface area contributed by atoms with Crippen molar-refractivity contribution >= 4 is 16.9 Å². The Balaban J connectivity index is 1.89. The van der Waals surface area contributed by atoms with E-state index in [9.17, 15) is 9.59 Å². The van der Waals surface area contributed by atoms with Crippen LogP contribution >= 0.6 is 0 Å². The van der Waals surface area contributed by atoms with Crippen LogP contribution in [0.25, 0.3) is 11.0 Å². The molecular formula is C18H19N3O2. The third-order valence-electron chi connectivity index (χ3n) is 3.96. The van der Waals surface area contributed by atoms with E-state index in [1.54, 1.807) is 4.57 Å². The predicted molar refractivity (Wildman–Crippen MR) is 90.4 cm³/mol. The van der Waals surface area contributed by atoms with Crippen LogP contribution in [-0.4, -0.2) is 15.5 Å². The molecule has 1 amide bonds. The molecule has 2 N–H and O–H groups in total. The highest BCUT2D eigenvalue weighted by molar-refractivity contribution is 5.75. The zero-order valence-electron chi connectivity index (χ0n) is 13.2. The molecule has 23 heavy (non-hydrogen) atoms. The molecule has 3 aromatic rings. The van der Waals surface area contributed by atoms with Crippen molar-refractivity contribution in [2.24, 2.45) is 0 Å². The lowest BCUT2D eigenvalue weighted by molar-refractivity contribution is -0.119. The highest BCUT2D eigenvalue weighted by Gasteiger charge is 2.08. The van der Waals surface area contributed by atoms with E-state index in [1.165, 1.54) is 6.92 Å². The highest BCUT2D eigenvalue weighted by Crippen LogP contribution is 2.15. The summed E-state index contributed by atoms with van der Waals surface area (Å²) in [5.74, 6) is -0.0444. The number of rotatable bonds is 4. The number of benzene rings is 2. The van der Waals surface area contributed by atoms with Crippen LogP contribution in [0, 0.1) is 6.92 Å². The fourth-order valence-corrected chi connectivity index (χ4v) is 2.71. The first-order valence-corrected chi connectivity index (χ1v) is 7.55. The number of fused-ring (bicyclic) bond motifs is 1. The third kappa shape index (κ3) is 3.18. The molecule has 1 aromatic heterocycles. The lowest BCUT2D eigenvalue weighted by Gasteiger charge is -2.10. The van der Waals surface area contributed by atoms with Crippen LogP contribution in [-0.2, 0) is 17.9 Å². The molecule has 3 rings (SSSR count). The molecule has 5 nitrogen and oxygen atoms in total. The molecular weight excluding hydrogens is 290 g/mol. The van der Waals surface area contributed by atoms with Gasteiger partial charge in [-0.15, -0.1) is 0 Å². The monoisotopic (exact) mass is 309 g/mol. The summed E-state index contributed by atoms with van der Waals surface area (Å²) < 4.78 is 1.74. The van der Waals surface area contributed by atoms with Gasteiger partial charge in [0.2, 0.25) is 5.91 Å². The number of carbonyl (C=O) groups is 1. The molecule has 0 radical (unpaired) electrons. The molecule has 0 aliphatic heterocycles.